The first-order valence-electron chi connectivity index (χ1n) is 5.32. The highest BCUT2D eigenvalue weighted by atomic mass is 19.4. The number of halogens is 3. The zero-order chi connectivity index (χ0) is 13.2. The Balaban J connectivity index is 2.20. The van der Waals surface area contributed by atoms with Gasteiger partial charge in [0.2, 0.25) is 11.9 Å². The number of hydrogen-bond acceptors (Lipinski definition) is 4. The van der Waals surface area contributed by atoms with Crippen LogP contribution < -0.4 is 10.6 Å². The average Bonchev–Trinajstić information content (AvgIpc) is 2.80. The summed E-state index contributed by atoms with van der Waals surface area (Å²) in [4.78, 5) is 19.2. The molecule has 0 saturated carbocycles. The Labute approximate surface area is 101 Å². The number of nitrogens with one attached hydrogen (secondary N) is 2. The molecule has 8 heteroatoms. The number of nitrogens with zero attached hydrogens (tertiary/aromatic N) is 2. The molecule has 18 heavy (non-hydrogen) atoms. The molecule has 1 fully saturated rings. The highest BCUT2D eigenvalue weighted by Crippen LogP contribution is 2.43. The molecular formula is C10H11F3N4O. The summed E-state index contributed by atoms with van der Waals surface area (Å²) in [6.45, 7) is -0.266. The molecule has 1 aromatic heterocycles. The van der Waals surface area contributed by atoms with Gasteiger partial charge in [-0.2, -0.15) is 13.2 Å². The minimum absolute atomic E-state index is 0.127. The minimum atomic E-state index is -4.60. The van der Waals surface area contributed by atoms with Crippen molar-refractivity contribution >= 4 is 11.9 Å². The predicted octanol–water partition coefficient (Wildman–Crippen LogP) is 0.957. The molecule has 2 N–H and O–H groups in total. The number of aromatic nitrogens is 2. The topological polar surface area (TPSA) is 66.9 Å². The second kappa shape index (κ2) is 4.52. The van der Waals surface area contributed by atoms with Crippen molar-refractivity contribution in [3.63, 3.8) is 0 Å². The summed E-state index contributed by atoms with van der Waals surface area (Å²) in [5.41, 5.74) is -2.40. The first-order valence-corrected chi connectivity index (χ1v) is 5.32. The molecule has 1 aromatic rings. The van der Waals surface area contributed by atoms with Gasteiger partial charge in [-0.25, -0.2) is 9.97 Å². The zero-order valence-electron chi connectivity index (χ0n) is 9.29. The van der Waals surface area contributed by atoms with E-state index in [1.54, 1.807) is 0 Å². The molecule has 0 radical (unpaired) electrons. The van der Waals surface area contributed by atoms with E-state index in [9.17, 15) is 18.0 Å². The quantitative estimate of drug-likeness (QED) is 0.831. The maximum absolute atomic E-state index is 13.0. The summed E-state index contributed by atoms with van der Waals surface area (Å²) >= 11 is 0. The summed E-state index contributed by atoms with van der Waals surface area (Å²) in [5.74, 6) is -1.25. The molecule has 1 saturated heterocycles. The van der Waals surface area contributed by atoms with Gasteiger partial charge in [-0.3, -0.25) is 10.1 Å². The molecule has 1 amide bonds. The fourth-order valence-electron chi connectivity index (χ4n) is 1.84. The molecule has 1 unspecified atom stereocenters. The molecule has 1 aliphatic heterocycles. The van der Waals surface area contributed by atoms with Crippen LogP contribution in [0.2, 0.25) is 0 Å². The lowest BCUT2D eigenvalue weighted by Gasteiger charge is -2.28. The molecule has 0 aliphatic carbocycles. The Morgan fingerprint density at radius 1 is 1.39 bits per heavy atom. The Bertz CT molecular complexity index is 428. The van der Waals surface area contributed by atoms with Crippen LogP contribution in [-0.2, 0) is 4.79 Å². The molecule has 2 heterocycles. The number of hydrogen-bond donors (Lipinski definition) is 2. The van der Waals surface area contributed by atoms with Gasteiger partial charge in [0.05, 0.1) is 0 Å². The highest BCUT2D eigenvalue weighted by Gasteiger charge is 2.61. The van der Waals surface area contributed by atoms with Gasteiger partial charge in [-0.05, 0) is 19.0 Å². The van der Waals surface area contributed by atoms with Crippen LogP contribution >= 0.6 is 0 Å². The molecule has 0 spiro atoms. The lowest BCUT2D eigenvalue weighted by atomic mass is 9.85. The summed E-state index contributed by atoms with van der Waals surface area (Å²) in [6.07, 6.45) is -2.20. The minimum Gasteiger partial charge on any atom is -0.315 e. The molecule has 0 bridgehead atoms. The molecule has 2 rings (SSSR count). The summed E-state index contributed by atoms with van der Waals surface area (Å²) in [7, 11) is 0. The van der Waals surface area contributed by atoms with Gasteiger partial charge in [0, 0.05) is 18.9 Å². The Hall–Kier alpha value is -1.70. The van der Waals surface area contributed by atoms with Crippen molar-refractivity contribution < 1.29 is 18.0 Å². The lowest BCUT2D eigenvalue weighted by Crippen LogP contribution is -2.49. The molecule has 0 aromatic carbocycles. The first-order chi connectivity index (χ1) is 8.46. The van der Waals surface area contributed by atoms with E-state index < -0.39 is 24.0 Å². The van der Waals surface area contributed by atoms with Crippen LogP contribution in [0, 0.1) is 5.41 Å². The van der Waals surface area contributed by atoms with E-state index in [1.807, 2.05) is 0 Å². The van der Waals surface area contributed by atoms with E-state index in [1.165, 1.54) is 18.5 Å². The second-order valence-corrected chi connectivity index (χ2v) is 4.03. The number of amides is 1. The molecular weight excluding hydrogens is 249 g/mol. The maximum atomic E-state index is 13.0. The third-order valence-corrected chi connectivity index (χ3v) is 2.92. The van der Waals surface area contributed by atoms with Crippen LogP contribution in [0.15, 0.2) is 18.5 Å². The van der Waals surface area contributed by atoms with Crippen molar-refractivity contribution in [1.82, 2.24) is 15.3 Å². The number of carbonyl (C=O) groups excluding carboxylic acids is 1. The first kappa shape index (κ1) is 12.7. The van der Waals surface area contributed by atoms with E-state index in [-0.39, 0.29) is 18.9 Å². The zero-order valence-corrected chi connectivity index (χ0v) is 9.29. The number of carbonyl (C=O) groups is 1. The molecule has 5 nitrogen and oxygen atoms in total. The summed E-state index contributed by atoms with van der Waals surface area (Å²) in [5, 5.41) is 4.67. The van der Waals surface area contributed by atoms with Crippen LogP contribution in [-0.4, -0.2) is 35.1 Å². The van der Waals surface area contributed by atoms with Gasteiger partial charge in [0.25, 0.3) is 0 Å². The van der Waals surface area contributed by atoms with E-state index in [4.69, 9.17) is 0 Å². The van der Waals surface area contributed by atoms with Crippen LogP contribution in [0.5, 0.6) is 0 Å². The van der Waals surface area contributed by atoms with Gasteiger partial charge >= 0.3 is 6.18 Å². The molecule has 1 atom stereocenters. The van der Waals surface area contributed by atoms with Crippen LogP contribution in [0.25, 0.3) is 0 Å². The monoisotopic (exact) mass is 260 g/mol. The number of alkyl halides is 3. The summed E-state index contributed by atoms with van der Waals surface area (Å²) in [6, 6.07) is 1.51. The smallest absolute Gasteiger partial charge is 0.315 e. The Morgan fingerprint density at radius 3 is 2.56 bits per heavy atom. The van der Waals surface area contributed by atoms with E-state index in [2.05, 4.69) is 20.6 Å². The normalized spacial score (nSPS) is 23.9. The fourth-order valence-corrected chi connectivity index (χ4v) is 1.84. The van der Waals surface area contributed by atoms with Crippen LogP contribution in [0.4, 0.5) is 19.1 Å². The maximum Gasteiger partial charge on any atom is 0.404 e. The third kappa shape index (κ3) is 2.15. The van der Waals surface area contributed by atoms with E-state index in [0.29, 0.717) is 0 Å². The average molecular weight is 260 g/mol. The van der Waals surface area contributed by atoms with Crippen LogP contribution in [0.1, 0.15) is 6.42 Å². The van der Waals surface area contributed by atoms with E-state index in [0.717, 1.165) is 0 Å². The van der Waals surface area contributed by atoms with Gasteiger partial charge in [0.15, 0.2) is 5.41 Å². The van der Waals surface area contributed by atoms with Crippen LogP contribution in [0.3, 0.4) is 0 Å². The van der Waals surface area contributed by atoms with Crippen molar-refractivity contribution in [3.05, 3.63) is 18.5 Å². The predicted molar refractivity (Wildman–Crippen MR) is 56.6 cm³/mol. The van der Waals surface area contributed by atoms with E-state index >= 15 is 0 Å². The Kier molecular flexibility index (Phi) is 3.20. The second-order valence-electron chi connectivity index (χ2n) is 4.03. The van der Waals surface area contributed by atoms with Crippen molar-refractivity contribution in [2.45, 2.75) is 12.6 Å². The van der Waals surface area contributed by atoms with Gasteiger partial charge in [-0.15, -0.1) is 0 Å². The van der Waals surface area contributed by atoms with Crippen molar-refractivity contribution in [1.29, 1.82) is 0 Å². The standard InChI is InChI=1S/C10H11F3N4O/c11-10(12,13)9(2-5-14-6-9)7(18)17-8-15-3-1-4-16-8/h1,3-4,14H,2,5-6H2,(H,15,16,17,18). The lowest BCUT2D eigenvalue weighted by molar-refractivity contribution is -0.213. The largest absolute Gasteiger partial charge is 0.404 e. The van der Waals surface area contributed by atoms with Gasteiger partial charge in [0.1, 0.15) is 0 Å². The SMILES string of the molecule is O=C(Nc1ncccn1)C1(C(F)(F)F)CCNC1. The highest BCUT2D eigenvalue weighted by molar-refractivity contribution is 5.95. The van der Waals surface area contributed by atoms with Gasteiger partial charge < -0.3 is 5.32 Å². The molecule has 98 valence electrons. The molecule has 1 aliphatic rings. The summed E-state index contributed by atoms with van der Waals surface area (Å²) < 4.78 is 39.1. The Morgan fingerprint density at radius 2 is 2.06 bits per heavy atom. The number of anilines is 1. The van der Waals surface area contributed by atoms with Crippen molar-refractivity contribution in [3.8, 4) is 0 Å². The fraction of sp³-hybridized carbons (Fsp3) is 0.500. The van der Waals surface area contributed by atoms with Crippen molar-refractivity contribution in [2.24, 2.45) is 5.41 Å². The number of rotatable bonds is 2. The third-order valence-electron chi connectivity index (χ3n) is 2.92. The van der Waals surface area contributed by atoms with Gasteiger partial charge in [-0.1, -0.05) is 0 Å². The van der Waals surface area contributed by atoms with Crippen molar-refractivity contribution in [2.75, 3.05) is 18.4 Å².